The number of benzene rings is 2. The minimum Gasteiger partial charge on any atom is -0.496 e. The van der Waals surface area contributed by atoms with E-state index >= 15 is 0 Å². The molecule has 2 aliphatic carbocycles. The van der Waals surface area contributed by atoms with Gasteiger partial charge in [0.15, 0.2) is 0 Å². The van der Waals surface area contributed by atoms with Gasteiger partial charge in [0.1, 0.15) is 12.4 Å². The standard InChI is InChI=1S/C32H36N2O2/c1-19-17-31(2,3)33-25-14-13-23-28-21(10-8-12-26(28)35-6)16-24(29(23)27(19)25)20-9-7-11-22(15-20)30-34-32(4,5)18-36-30/h7-15,17,24-25,27,33H,16,18H2,1-6H3. The molecule has 0 saturated carbocycles. The number of rotatable bonds is 3. The third kappa shape index (κ3) is 3.83. The summed E-state index contributed by atoms with van der Waals surface area (Å²) in [5.74, 6) is 2.28. The minimum absolute atomic E-state index is 0.0297. The SMILES string of the molecule is COc1cccc2c1C1=C(C(c3cccc(C4=NC(C)(C)CO4)c3)C2)C2C(C)=CC(C)(C)NC2C=C1. The van der Waals surface area contributed by atoms with E-state index in [1.54, 1.807) is 7.11 Å². The van der Waals surface area contributed by atoms with E-state index in [0.29, 0.717) is 12.5 Å². The van der Waals surface area contributed by atoms with Crippen LogP contribution in [-0.2, 0) is 11.2 Å². The monoisotopic (exact) mass is 480 g/mol. The normalized spacial score (nSPS) is 27.3. The summed E-state index contributed by atoms with van der Waals surface area (Å²) in [6.45, 7) is 11.7. The summed E-state index contributed by atoms with van der Waals surface area (Å²) in [4.78, 5) is 4.85. The molecule has 0 bridgehead atoms. The number of hydrogen-bond donors (Lipinski definition) is 1. The molecule has 3 atom stereocenters. The molecule has 2 aromatic rings. The van der Waals surface area contributed by atoms with Crippen molar-refractivity contribution in [2.45, 2.75) is 64.1 Å². The fraction of sp³-hybridized carbons (Fsp3) is 0.406. The summed E-state index contributed by atoms with van der Waals surface area (Å²) in [6, 6.07) is 15.6. The van der Waals surface area contributed by atoms with Gasteiger partial charge in [-0.3, -0.25) is 0 Å². The first-order valence-corrected chi connectivity index (χ1v) is 13.0. The second-order valence-electron chi connectivity index (χ2n) is 11.9. The highest BCUT2D eigenvalue weighted by atomic mass is 16.5. The molecule has 0 fully saturated rings. The van der Waals surface area contributed by atoms with Crippen LogP contribution in [0.25, 0.3) is 5.57 Å². The number of methoxy groups -OCH3 is 1. The van der Waals surface area contributed by atoms with Gasteiger partial charge in [-0.05, 0) is 81.5 Å². The van der Waals surface area contributed by atoms with Gasteiger partial charge in [0.05, 0.1) is 12.6 Å². The molecular weight excluding hydrogens is 444 g/mol. The van der Waals surface area contributed by atoms with E-state index in [1.165, 1.54) is 33.4 Å². The Kier molecular flexibility index (Phi) is 5.31. The molecule has 2 aromatic carbocycles. The van der Waals surface area contributed by atoms with E-state index in [-0.39, 0.29) is 23.0 Å². The van der Waals surface area contributed by atoms with Crippen LogP contribution in [0.3, 0.4) is 0 Å². The van der Waals surface area contributed by atoms with Crippen LogP contribution in [0.4, 0.5) is 0 Å². The third-order valence-electron chi connectivity index (χ3n) is 8.00. The van der Waals surface area contributed by atoms with E-state index in [9.17, 15) is 0 Å². The summed E-state index contributed by atoms with van der Waals surface area (Å²) in [5, 5.41) is 3.88. The van der Waals surface area contributed by atoms with Crippen LogP contribution in [0.15, 0.2) is 76.8 Å². The van der Waals surface area contributed by atoms with E-state index < -0.39 is 0 Å². The van der Waals surface area contributed by atoms with Crippen molar-refractivity contribution in [3.8, 4) is 5.75 Å². The first-order valence-electron chi connectivity index (χ1n) is 13.0. The Morgan fingerprint density at radius 3 is 2.64 bits per heavy atom. The predicted octanol–water partition coefficient (Wildman–Crippen LogP) is 6.23. The summed E-state index contributed by atoms with van der Waals surface area (Å²) < 4.78 is 11.9. The topological polar surface area (TPSA) is 42.9 Å². The van der Waals surface area contributed by atoms with Gasteiger partial charge < -0.3 is 14.8 Å². The van der Waals surface area contributed by atoms with Crippen molar-refractivity contribution >= 4 is 11.5 Å². The summed E-state index contributed by atoms with van der Waals surface area (Å²) in [7, 11) is 1.78. The molecule has 4 heteroatoms. The summed E-state index contributed by atoms with van der Waals surface area (Å²) in [5.41, 5.74) is 9.01. The molecule has 0 spiro atoms. The molecule has 1 N–H and O–H groups in total. The second kappa shape index (κ2) is 8.21. The molecule has 3 unspecified atom stereocenters. The zero-order chi connectivity index (χ0) is 25.2. The van der Waals surface area contributed by atoms with Crippen LogP contribution in [0.2, 0.25) is 0 Å². The number of fused-ring (bicyclic) bond motifs is 4. The Bertz CT molecular complexity index is 1360. The van der Waals surface area contributed by atoms with E-state index in [1.807, 2.05) is 0 Å². The van der Waals surface area contributed by atoms with Crippen molar-refractivity contribution in [2.75, 3.05) is 13.7 Å². The quantitative estimate of drug-likeness (QED) is 0.530. The number of hydrogen-bond acceptors (Lipinski definition) is 4. The molecule has 4 aliphatic rings. The van der Waals surface area contributed by atoms with Crippen LogP contribution in [0.5, 0.6) is 5.75 Å². The largest absolute Gasteiger partial charge is 0.496 e. The zero-order valence-electron chi connectivity index (χ0n) is 22.2. The lowest BCUT2D eigenvalue weighted by Gasteiger charge is -2.46. The Balaban J connectivity index is 1.53. The lowest BCUT2D eigenvalue weighted by Crippen LogP contribution is -2.53. The highest BCUT2D eigenvalue weighted by Gasteiger charge is 2.42. The Morgan fingerprint density at radius 1 is 1.08 bits per heavy atom. The Labute approximate surface area is 214 Å². The maximum Gasteiger partial charge on any atom is 0.216 e. The fourth-order valence-electron chi connectivity index (χ4n) is 6.66. The number of nitrogens with zero attached hydrogens (tertiary/aromatic N) is 1. The Morgan fingerprint density at radius 2 is 1.89 bits per heavy atom. The molecule has 0 saturated heterocycles. The van der Waals surface area contributed by atoms with Crippen LogP contribution in [-0.4, -0.2) is 36.7 Å². The molecule has 6 rings (SSSR count). The van der Waals surface area contributed by atoms with Gasteiger partial charge in [0, 0.05) is 34.5 Å². The maximum atomic E-state index is 6.01. The molecule has 4 nitrogen and oxygen atoms in total. The molecule has 0 amide bonds. The molecule has 186 valence electrons. The molecule has 36 heavy (non-hydrogen) atoms. The number of aliphatic imine (C=N–C) groups is 1. The lowest BCUT2D eigenvalue weighted by molar-refractivity contribution is 0.279. The number of ether oxygens (including phenoxy) is 2. The average molecular weight is 481 g/mol. The van der Waals surface area contributed by atoms with Crippen LogP contribution in [0, 0.1) is 5.92 Å². The number of nitrogens with one attached hydrogen (secondary N) is 1. The third-order valence-corrected chi connectivity index (χ3v) is 8.00. The molecular formula is C32H36N2O2. The molecule has 2 aliphatic heterocycles. The van der Waals surface area contributed by atoms with E-state index in [0.717, 1.165) is 23.6 Å². The molecule has 0 radical (unpaired) electrons. The van der Waals surface area contributed by atoms with Gasteiger partial charge >= 0.3 is 0 Å². The lowest BCUT2D eigenvalue weighted by atomic mass is 9.64. The van der Waals surface area contributed by atoms with Gasteiger partial charge in [0.25, 0.3) is 0 Å². The van der Waals surface area contributed by atoms with Crippen molar-refractivity contribution in [1.82, 2.24) is 5.32 Å². The van der Waals surface area contributed by atoms with E-state index in [2.05, 4.69) is 101 Å². The average Bonchev–Trinajstić information content (AvgIpc) is 3.21. The maximum absolute atomic E-state index is 6.01. The molecule has 0 aromatic heterocycles. The van der Waals surface area contributed by atoms with Crippen molar-refractivity contribution in [2.24, 2.45) is 10.9 Å². The highest BCUT2D eigenvalue weighted by molar-refractivity contribution is 5.96. The summed E-state index contributed by atoms with van der Waals surface area (Å²) >= 11 is 0. The Hall–Kier alpha value is -3.11. The van der Waals surface area contributed by atoms with Crippen molar-refractivity contribution in [3.63, 3.8) is 0 Å². The molecule has 2 heterocycles. The van der Waals surface area contributed by atoms with Gasteiger partial charge in [0.2, 0.25) is 5.90 Å². The highest BCUT2D eigenvalue weighted by Crippen LogP contribution is 2.52. The van der Waals surface area contributed by atoms with Gasteiger partial charge in [-0.25, -0.2) is 4.99 Å². The predicted molar refractivity (Wildman–Crippen MR) is 147 cm³/mol. The van der Waals surface area contributed by atoms with Crippen molar-refractivity contribution in [1.29, 1.82) is 0 Å². The minimum atomic E-state index is -0.175. The first kappa shape index (κ1) is 23.3. The van der Waals surface area contributed by atoms with Gasteiger partial charge in [-0.2, -0.15) is 0 Å². The van der Waals surface area contributed by atoms with Crippen LogP contribution in [0.1, 0.15) is 62.8 Å². The van der Waals surface area contributed by atoms with Crippen LogP contribution >= 0.6 is 0 Å². The van der Waals surface area contributed by atoms with Crippen LogP contribution < -0.4 is 10.1 Å². The van der Waals surface area contributed by atoms with Gasteiger partial charge in [-0.1, -0.05) is 48.1 Å². The number of allylic oxidation sites excluding steroid dienone is 2. The fourth-order valence-corrected chi connectivity index (χ4v) is 6.66. The zero-order valence-corrected chi connectivity index (χ0v) is 22.2. The second-order valence-corrected chi connectivity index (χ2v) is 11.9. The summed E-state index contributed by atoms with van der Waals surface area (Å²) in [6.07, 6.45) is 8.05. The van der Waals surface area contributed by atoms with Crippen molar-refractivity contribution < 1.29 is 9.47 Å². The van der Waals surface area contributed by atoms with Crippen molar-refractivity contribution in [3.05, 3.63) is 94.1 Å². The smallest absolute Gasteiger partial charge is 0.216 e. The van der Waals surface area contributed by atoms with Gasteiger partial charge in [-0.15, -0.1) is 0 Å². The van der Waals surface area contributed by atoms with E-state index in [4.69, 9.17) is 14.5 Å². The first-order chi connectivity index (χ1) is 17.2.